The Labute approximate surface area is 89.9 Å². The summed E-state index contributed by atoms with van der Waals surface area (Å²) in [7, 11) is 1.70. The fourth-order valence-corrected chi connectivity index (χ4v) is 1.23. The van der Waals surface area contributed by atoms with Gasteiger partial charge in [-0.1, -0.05) is 0 Å². The van der Waals surface area contributed by atoms with Crippen molar-refractivity contribution in [2.24, 2.45) is 0 Å². The molecule has 1 N–H and O–H groups in total. The monoisotopic (exact) mass is 205 g/mol. The van der Waals surface area contributed by atoms with Crippen LogP contribution < -0.4 is 5.32 Å². The van der Waals surface area contributed by atoms with Crippen LogP contribution >= 0.6 is 0 Å². The molecule has 1 rings (SSSR count). The quantitative estimate of drug-likeness (QED) is 0.719. The maximum Gasteiger partial charge on any atom is 0.163 e. The summed E-state index contributed by atoms with van der Waals surface area (Å²) in [6.45, 7) is 1.61. The average molecular weight is 205 g/mol. The molecule has 0 saturated carbocycles. The lowest BCUT2D eigenvalue weighted by molar-refractivity contribution is 0.194. The lowest BCUT2D eigenvalue weighted by atomic mass is 10.3. The van der Waals surface area contributed by atoms with Gasteiger partial charge >= 0.3 is 0 Å². The SMILES string of the molecule is COCCCCNc1cccnc1C#N. The Balaban J connectivity index is 2.34. The summed E-state index contributed by atoms with van der Waals surface area (Å²) in [5, 5.41) is 12.0. The molecule has 0 spiro atoms. The number of unbranched alkanes of at least 4 members (excludes halogenated alkanes) is 1. The first-order chi connectivity index (χ1) is 7.38. The van der Waals surface area contributed by atoms with E-state index in [2.05, 4.69) is 10.3 Å². The van der Waals surface area contributed by atoms with Crippen LogP contribution in [0.4, 0.5) is 5.69 Å². The van der Waals surface area contributed by atoms with Gasteiger partial charge in [-0.25, -0.2) is 4.98 Å². The molecule has 0 saturated heterocycles. The Hall–Kier alpha value is -1.60. The molecule has 0 unspecified atom stereocenters. The Morgan fingerprint density at radius 3 is 3.13 bits per heavy atom. The predicted octanol–water partition coefficient (Wildman–Crippen LogP) is 1.79. The highest BCUT2D eigenvalue weighted by atomic mass is 16.5. The van der Waals surface area contributed by atoms with Crippen molar-refractivity contribution in [1.29, 1.82) is 5.26 Å². The highest BCUT2D eigenvalue weighted by Crippen LogP contribution is 2.10. The molecular weight excluding hydrogens is 190 g/mol. The van der Waals surface area contributed by atoms with Gasteiger partial charge in [0, 0.05) is 26.5 Å². The second-order valence-electron chi connectivity index (χ2n) is 3.14. The third kappa shape index (κ3) is 3.96. The number of pyridine rings is 1. The van der Waals surface area contributed by atoms with Crippen LogP contribution in [-0.4, -0.2) is 25.2 Å². The zero-order valence-electron chi connectivity index (χ0n) is 8.86. The van der Waals surface area contributed by atoms with E-state index in [-0.39, 0.29) is 0 Å². The van der Waals surface area contributed by atoms with Crippen LogP contribution in [0.25, 0.3) is 0 Å². The Bertz CT molecular complexity index is 333. The number of methoxy groups -OCH3 is 1. The van der Waals surface area contributed by atoms with Gasteiger partial charge in [-0.2, -0.15) is 5.26 Å². The smallest absolute Gasteiger partial charge is 0.163 e. The van der Waals surface area contributed by atoms with Gasteiger partial charge in [0.25, 0.3) is 0 Å². The number of hydrogen-bond donors (Lipinski definition) is 1. The Morgan fingerprint density at radius 2 is 2.40 bits per heavy atom. The normalized spacial score (nSPS) is 9.60. The lowest BCUT2D eigenvalue weighted by Crippen LogP contribution is -2.05. The fraction of sp³-hybridized carbons (Fsp3) is 0.455. The maximum atomic E-state index is 8.79. The number of aromatic nitrogens is 1. The predicted molar refractivity (Wildman–Crippen MR) is 58.6 cm³/mol. The summed E-state index contributed by atoms with van der Waals surface area (Å²) in [4.78, 5) is 3.96. The first-order valence-corrected chi connectivity index (χ1v) is 4.96. The van der Waals surface area contributed by atoms with E-state index in [0.29, 0.717) is 5.69 Å². The summed E-state index contributed by atoms with van der Waals surface area (Å²) in [5.74, 6) is 0. The molecule has 0 aliphatic rings. The van der Waals surface area contributed by atoms with Crippen molar-refractivity contribution in [3.05, 3.63) is 24.0 Å². The third-order valence-electron chi connectivity index (χ3n) is 2.00. The zero-order chi connectivity index (χ0) is 10.9. The molecule has 0 atom stereocenters. The van der Waals surface area contributed by atoms with Gasteiger partial charge in [0.1, 0.15) is 6.07 Å². The van der Waals surface area contributed by atoms with E-state index in [4.69, 9.17) is 10.00 Å². The van der Waals surface area contributed by atoms with Gasteiger partial charge in [0.15, 0.2) is 5.69 Å². The summed E-state index contributed by atoms with van der Waals surface area (Å²) >= 11 is 0. The van der Waals surface area contributed by atoms with E-state index in [0.717, 1.165) is 31.7 Å². The standard InChI is InChI=1S/C11H15N3O/c1-15-8-3-2-6-13-10-5-4-7-14-11(10)9-12/h4-5,7,13H,2-3,6,8H2,1H3. The van der Waals surface area contributed by atoms with Crippen LogP contribution in [-0.2, 0) is 4.74 Å². The topological polar surface area (TPSA) is 57.9 Å². The molecule has 80 valence electrons. The second kappa shape index (κ2) is 6.80. The van der Waals surface area contributed by atoms with Crippen molar-refractivity contribution in [2.75, 3.05) is 25.6 Å². The zero-order valence-corrected chi connectivity index (χ0v) is 8.86. The minimum Gasteiger partial charge on any atom is -0.385 e. The average Bonchev–Trinajstić information content (AvgIpc) is 2.29. The second-order valence-corrected chi connectivity index (χ2v) is 3.14. The fourth-order valence-electron chi connectivity index (χ4n) is 1.23. The van der Waals surface area contributed by atoms with Gasteiger partial charge in [-0.15, -0.1) is 0 Å². The van der Waals surface area contributed by atoms with Crippen LogP contribution in [0.15, 0.2) is 18.3 Å². The van der Waals surface area contributed by atoms with E-state index in [1.807, 2.05) is 18.2 Å². The molecule has 0 fully saturated rings. The van der Waals surface area contributed by atoms with Crippen LogP contribution in [0.2, 0.25) is 0 Å². The molecule has 1 heterocycles. The maximum absolute atomic E-state index is 8.79. The minimum absolute atomic E-state index is 0.448. The number of nitrogens with zero attached hydrogens (tertiary/aromatic N) is 2. The molecule has 0 aliphatic heterocycles. The van der Waals surface area contributed by atoms with Gasteiger partial charge in [-0.3, -0.25) is 0 Å². The van der Waals surface area contributed by atoms with Crippen molar-refractivity contribution in [3.63, 3.8) is 0 Å². The molecule has 0 aromatic carbocycles. The van der Waals surface area contributed by atoms with E-state index in [9.17, 15) is 0 Å². The number of rotatable bonds is 6. The highest BCUT2D eigenvalue weighted by Gasteiger charge is 1.99. The van der Waals surface area contributed by atoms with Crippen molar-refractivity contribution < 1.29 is 4.74 Å². The molecule has 0 radical (unpaired) electrons. The number of nitrogens with one attached hydrogen (secondary N) is 1. The van der Waals surface area contributed by atoms with E-state index in [1.54, 1.807) is 13.3 Å². The van der Waals surface area contributed by atoms with Crippen LogP contribution in [0.3, 0.4) is 0 Å². The molecule has 15 heavy (non-hydrogen) atoms. The van der Waals surface area contributed by atoms with Crippen LogP contribution in [0.5, 0.6) is 0 Å². The minimum atomic E-state index is 0.448. The summed E-state index contributed by atoms with van der Waals surface area (Å²) in [6, 6.07) is 5.73. The van der Waals surface area contributed by atoms with Gasteiger partial charge in [0.05, 0.1) is 5.69 Å². The molecular formula is C11H15N3O. The number of hydrogen-bond acceptors (Lipinski definition) is 4. The van der Waals surface area contributed by atoms with Gasteiger partial charge in [-0.05, 0) is 25.0 Å². The third-order valence-corrected chi connectivity index (χ3v) is 2.00. The molecule has 0 aliphatic carbocycles. The first kappa shape index (κ1) is 11.5. The number of anilines is 1. The molecule has 1 aromatic heterocycles. The number of ether oxygens (including phenoxy) is 1. The molecule has 0 bridgehead atoms. The highest BCUT2D eigenvalue weighted by molar-refractivity contribution is 5.53. The molecule has 4 heteroatoms. The first-order valence-electron chi connectivity index (χ1n) is 4.96. The molecule has 1 aromatic rings. The van der Waals surface area contributed by atoms with Crippen molar-refractivity contribution in [3.8, 4) is 6.07 Å². The van der Waals surface area contributed by atoms with Gasteiger partial charge < -0.3 is 10.1 Å². The lowest BCUT2D eigenvalue weighted by Gasteiger charge is -2.06. The van der Waals surface area contributed by atoms with E-state index < -0.39 is 0 Å². The molecule has 4 nitrogen and oxygen atoms in total. The van der Waals surface area contributed by atoms with Gasteiger partial charge in [0.2, 0.25) is 0 Å². The largest absolute Gasteiger partial charge is 0.385 e. The number of nitriles is 1. The summed E-state index contributed by atoms with van der Waals surface area (Å²) < 4.78 is 4.95. The van der Waals surface area contributed by atoms with Crippen molar-refractivity contribution in [1.82, 2.24) is 4.98 Å². The van der Waals surface area contributed by atoms with E-state index >= 15 is 0 Å². The van der Waals surface area contributed by atoms with E-state index in [1.165, 1.54) is 0 Å². The Kier molecular flexibility index (Phi) is 5.20. The summed E-state index contributed by atoms with van der Waals surface area (Å²) in [6.07, 6.45) is 3.66. The summed E-state index contributed by atoms with van der Waals surface area (Å²) in [5.41, 5.74) is 1.25. The van der Waals surface area contributed by atoms with Crippen LogP contribution in [0, 0.1) is 11.3 Å². The van der Waals surface area contributed by atoms with Crippen LogP contribution in [0.1, 0.15) is 18.5 Å². The van der Waals surface area contributed by atoms with Crippen molar-refractivity contribution in [2.45, 2.75) is 12.8 Å². The molecule has 0 amide bonds. The van der Waals surface area contributed by atoms with Crippen molar-refractivity contribution >= 4 is 5.69 Å². The Morgan fingerprint density at radius 1 is 1.53 bits per heavy atom.